The molecule has 0 fully saturated rings. The fourth-order valence-corrected chi connectivity index (χ4v) is 0.660. The van der Waals surface area contributed by atoms with Gasteiger partial charge in [-0.05, 0) is 19.1 Å². The molecule has 0 aliphatic carbocycles. The Balaban J connectivity index is 0.000000241. The van der Waals surface area contributed by atoms with Crippen LogP contribution >= 0.6 is 0 Å². The van der Waals surface area contributed by atoms with E-state index in [4.69, 9.17) is 5.11 Å². The molecule has 0 radical (unpaired) electrons. The summed E-state index contributed by atoms with van der Waals surface area (Å²) >= 11 is 0. The maximum absolute atomic E-state index is 8.63. The summed E-state index contributed by atoms with van der Waals surface area (Å²) in [6.45, 7) is 9.11. The predicted molar refractivity (Wildman–Crippen MR) is 62.3 cm³/mol. The van der Waals surface area contributed by atoms with E-state index in [2.05, 4.69) is 13.2 Å². The van der Waals surface area contributed by atoms with E-state index in [9.17, 15) is 0 Å². The third-order valence-corrected chi connectivity index (χ3v) is 1.27. The van der Waals surface area contributed by atoms with Gasteiger partial charge in [-0.2, -0.15) is 0 Å². The van der Waals surface area contributed by atoms with Gasteiger partial charge in [0.2, 0.25) is 0 Å². The monoisotopic (exact) mass is 188 g/mol. The van der Waals surface area contributed by atoms with E-state index in [-0.39, 0.29) is 0 Å². The fourth-order valence-electron chi connectivity index (χ4n) is 0.660. The molecule has 1 nitrogen and oxygen atoms in total. The van der Waals surface area contributed by atoms with Crippen molar-refractivity contribution in [3.05, 3.63) is 67.3 Å². The van der Waals surface area contributed by atoms with Crippen molar-refractivity contribution in [1.82, 2.24) is 0 Å². The first-order valence-electron chi connectivity index (χ1n) is 4.35. The van der Waals surface area contributed by atoms with E-state index < -0.39 is 0 Å². The van der Waals surface area contributed by atoms with Gasteiger partial charge in [-0.15, -0.1) is 0 Å². The summed E-state index contributed by atoms with van der Waals surface area (Å²) in [6, 6.07) is 8.71. The van der Waals surface area contributed by atoms with Crippen molar-refractivity contribution in [2.75, 3.05) is 0 Å². The Morgan fingerprint density at radius 3 is 2.07 bits per heavy atom. The molecule has 0 aliphatic rings. The predicted octanol–water partition coefficient (Wildman–Crippen LogP) is 3.70. The highest BCUT2D eigenvalue weighted by Gasteiger charge is 1.74. The van der Waals surface area contributed by atoms with Crippen LogP contribution in [0.3, 0.4) is 0 Å². The van der Waals surface area contributed by atoms with Crippen molar-refractivity contribution in [2.45, 2.75) is 6.92 Å². The van der Waals surface area contributed by atoms with Gasteiger partial charge in [0.1, 0.15) is 5.75 Å². The SMILES string of the molecule is C=C/C=C\C(=C)C.Oc1ccccc1. The first-order chi connectivity index (χ1) is 6.66. The van der Waals surface area contributed by atoms with Crippen molar-refractivity contribution in [3.63, 3.8) is 0 Å². The molecule has 14 heavy (non-hydrogen) atoms. The highest BCUT2D eigenvalue weighted by Crippen LogP contribution is 2.02. The molecule has 0 spiro atoms. The van der Waals surface area contributed by atoms with Crippen LogP contribution in [0, 0.1) is 0 Å². The van der Waals surface area contributed by atoms with Crippen LogP contribution in [0.4, 0.5) is 0 Å². The molecule has 0 saturated heterocycles. The summed E-state index contributed by atoms with van der Waals surface area (Å²) in [5.41, 5.74) is 1.06. The Kier molecular flexibility index (Phi) is 6.88. The van der Waals surface area contributed by atoms with Crippen LogP contribution in [0.1, 0.15) is 6.92 Å². The van der Waals surface area contributed by atoms with Gasteiger partial charge in [0.25, 0.3) is 0 Å². The van der Waals surface area contributed by atoms with E-state index in [1.807, 2.05) is 25.1 Å². The third-order valence-electron chi connectivity index (χ3n) is 1.27. The Bertz CT molecular complexity index is 296. The lowest BCUT2D eigenvalue weighted by molar-refractivity contribution is 0.475. The van der Waals surface area contributed by atoms with Gasteiger partial charge in [0.15, 0.2) is 0 Å². The molecule has 0 aliphatic heterocycles. The van der Waals surface area contributed by atoms with E-state index in [0.29, 0.717) is 5.75 Å². The van der Waals surface area contributed by atoms with Gasteiger partial charge < -0.3 is 5.11 Å². The Morgan fingerprint density at radius 2 is 1.86 bits per heavy atom. The number of hydrogen-bond acceptors (Lipinski definition) is 1. The summed E-state index contributed by atoms with van der Waals surface area (Å²) in [5.74, 6) is 0.322. The first kappa shape index (κ1) is 12.2. The normalized spacial score (nSPS) is 8.93. The highest BCUT2D eigenvalue weighted by atomic mass is 16.3. The number of benzene rings is 1. The second-order valence-corrected chi connectivity index (χ2v) is 2.78. The number of hydrogen-bond donors (Lipinski definition) is 1. The van der Waals surface area contributed by atoms with E-state index >= 15 is 0 Å². The van der Waals surface area contributed by atoms with E-state index in [1.165, 1.54) is 0 Å². The van der Waals surface area contributed by atoms with Gasteiger partial charge in [0, 0.05) is 0 Å². The van der Waals surface area contributed by atoms with Crippen LogP contribution in [-0.4, -0.2) is 5.11 Å². The minimum absolute atomic E-state index is 0.322. The summed E-state index contributed by atoms with van der Waals surface area (Å²) in [6.07, 6.45) is 5.50. The minimum Gasteiger partial charge on any atom is -0.508 e. The number of phenolic OH excluding ortho intramolecular Hbond substituents is 1. The van der Waals surface area contributed by atoms with Gasteiger partial charge in [-0.25, -0.2) is 0 Å². The van der Waals surface area contributed by atoms with Crippen LogP contribution in [0.25, 0.3) is 0 Å². The third kappa shape index (κ3) is 8.34. The van der Waals surface area contributed by atoms with E-state index in [0.717, 1.165) is 5.57 Å². The number of rotatable bonds is 2. The molecule has 0 unspecified atom stereocenters. The number of aromatic hydroxyl groups is 1. The smallest absolute Gasteiger partial charge is 0.115 e. The molecular formula is C13H16O. The molecule has 0 aromatic heterocycles. The zero-order valence-electron chi connectivity index (χ0n) is 8.48. The standard InChI is InChI=1S/C7H10.C6H6O/c1-4-5-6-7(2)3;7-6-4-2-1-3-5-6/h4-6H,1-2H2,3H3;1-5,7H/b6-5-;. The first-order valence-corrected chi connectivity index (χ1v) is 4.35. The van der Waals surface area contributed by atoms with Gasteiger partial charge in [-0.3, -0.25) is 0 Å². The molecule has 0 saturated carbocycles. The van der Waals surface area contributed by atoms with Crippen LogP contribution in [0.5, 0.6) is 5.75 Å². The van der Waals surface area contributed by atoms with Crippen molar-refractivity contribution in [2.24, 2.45) is 0 Å². The quantitative estimate of drug-likeness (QED) is 0.702. The lowest BCUT2D eigenvalue weighted by Crippen LogP contribution is -1.56. The summed E-state index contributed by atoms with van der Waals surface area (Å²) in [5, 5.41) is 8.63. The molecule has 1 rings (SSSR count). The van der Waals surface area contributed by atoms with Crippen molar-refractivity contribution < 1.29 is 5.11 Å². The zero-order valence-corrected chi connectivity index (χ0v) is 8.48. The number of phenols is 1. The molecule has 0 heterocycles. The summed E-state index contributed by atoms with van der Waals surface area (Å²) in [7, 11) is 0. The van der Waals surface area contributed by atoms with Crippen molar-refractivity contribution >= 4 is 0 Å². The zero-order chi connectivity index (χ0) is 10.8. The molecule has 1 aromatic rings. The van der Waals surface area contributed by atoms with Crippen LogP contribution < -0.4 is 0 Å². The van der Waals surface area contributed by atoms with Crippen molar-refractivity contribution in [3.8, 4) is 5.75 Å². The fraction of sp³-hybridized carbons (Fsp3) is 0.0769. The number of allylic oxidation sites excluding steroid dienone is 4. The molecule has 1 aromatic carbocycles. The highest BCUT2D eigenvalue weighted by molar-refractivity contribution is 5.18. The second-order valence-electron chi connectivity index (χ2n) is 2.78. The topological polar surface area (TPSA) is 20.2 Å². The number of para-hydroxylation sites is 1. The van der Waals surface area contributed by atoms with Gasteiger partial charge in [-0.1, -0.05) is 55.2 Å². The van der Waals surface area contributed by atoms with Crippen LogP contribution in [0.2, 0.25) is 0 Å². The maximum atomic E-state index is 8.63. The second kappa shape index (κ2) is 7.87. The van der Waals surface area contributed by atoms with Gasteiger partial charge in [0.05, 0.1) is 0 Å². The lowest BCUT2D eigenvalue weighted by atomic mass is 10.3. The average molecular weight is 188 g/mol. The van der Waals surface area contributed by atoms with Crippen LogP contribution in [-0.2, 0) is 0 Å². The molecule has 0 atom stereocenters. The molecular weight excluding hydrogens is 172 g/mol. The molecule has 0 amide bonds. The lowest BCUT2D eigenvalue weighted by Gasteiger charge is -1.82. The van der Waals surface area contributed by atoms with Crippen LogP contribution in [0.15, 0.2) is 67.3 Å². The Morgan fingerprint density at radius 1 is 1.29 bits per heavy atom. The van der Waals surface area contributed by atoms with Gasteiger partial charge >= 0.3 is 0 Å². The Hall–Kier alpha value is -1.76. The molecule has 1 heteroatoms. The van der Waals surface area contributed by atoms with E-state index in [1.54, 1.807) is 30.3 Å². The minimum atomic E-state index is 0.322. The average Bonchev–Trinajstić information content (AvgIpc) is 2.17. The molecule has 1 N–H and O–H groups in total. The molecule has 0 bridgehead atoms. The molecule has 74 valence electrons. The maximum Gasteiger partial charge on any atom is 0.115 e. The Labute approximate surface area is 85.7 Å². The largest absolute Gasteiger partial charge is 0.508 e. The summed E-state index contributed by atoms with van der Waals surface area (Å²) in [4.78, 5) is 0. The van der Waals surface area contributed by atoms with Crippen molar-refractivity contribution in [1.29, 1.82) is 0 Å². The summed E-state index contributed by atoms with van der Waals surface area (Å²) < 4.78 is 0.